The summed E-state index contributed by atoms with van der Waals surface area (Å²) >= 11 is 0. The van der Waals surface area contributed by atoms with Crippen molar-refractivity contribution < 1.29 is 4.79 Å². The van der Waals surface area contributed by atoms with E-state index in [-0.39, 0.29) is 18.0 Å². The summed E-state index contributed by atoms with van der Waals surface area (Å²) in [4.78, 5) is 24.4. The van der Waals surface area contributed by atoms with Crippen LogP contribution < -0.4 is 10.9 Å². The molecule has 2 aromatic heterocycles. The molecule has 0 radical (unpaired) electrons. The van der Waals surface area contributed by atoms with Crippen molar-refractivity contribution in [3.63, 3.8) is 0 Å². The lowest BCUT2D eigenvalue weighted by atomic mass is 10.2. The third-order valence-electron chi connectivity index (χ3n) is 3.78. The first-order valence-electron chi connectivity index (χ1n) is 7.38. The van der Waals surface area contributed by atoms with E-state index in [0.29, 0.717) is 5.65 Å². The predicted molar refractivity (Wildman–Crippen MR) is 88.7 cm³/mol. The van der Waals surface area contributed by atoms with Gasteiger partial charge in [0.2, 0.25) is 5.91 Å². The molecule has 1 aromatic carbocycles. The summed E-state index contributed by atoms with van der Waals surface area (Å²) in [6.07, 6.45) is 0. The maximum atomic E-state index is 12.4. The normalized spacial score (nSPS) is 10.9. The summed E-state index contributed by atoms with van der Waals surface area (Å²) in [5.41, 5.74) is 3.68. The van der Waals surface area contributed by atoms with Crippen LogP contribution in [0.15, 0.2) is 41.2 Å². The molecular formula is C17H18N4O2. The topological polar surface area (TPSA) is 68.4 Å². The Kier molecular flexibility index (Phi) is 3.73. The van der Waals surface area contributed by atoms with Gasteiger partial charge in [-0.05, 0) is 32.4 Å². The Bertz CT molecular complexity index is 953. The van der Waals surface area contributed by atoms with Crippen LogP contribution in [-0.4, -0.2) is 20.1 Å². The van der Waals surface area contributed by atoms with Gasteiger partial charge < -0.3 is 9.88 Å². The zero-order valence-corrected chi connectivity index (χ0v) is 13.3. The van der Waals surface area contributed by atoms with Crippen LogP contribution in [0, 0.1) is 20.8 Å². The number of hydrogen-bond donors (Lipinski definition) is 1. The first kappa shape index (κ1) is 15.0. The van der Waals surface area contributed by atoms with Gasteiger partial charge in [-0.3, -0.25) is 9.59 Å². The number of anilines is 1. The molecule has 1 N–H and O–H groups in total. The van der Waals surface area contributed by atoms with E-state index in [4.69, 9.17) is 0 Å². The van der Waals surface area contributed by atoms with E-state index in [2.05, 4.69) is 10.4 Å². The summed E-state index contributed by atoms with van der Waals surface area (Å²) in [6, 6.07) is 10.9. The average Bonchev–Trinajstić information content (AvgIpc) is 2.88. The number of para-hydroxylation sites is 1. The van der Waals surface area contributed by atoms with Crippen LogP contribution in [-0.2, 0) is 11.3 Å². The van der Waals surface area contributed by atoms with Crippen LogP contribution in [0.3, 0.4) is 0 Å². The quantitative estimate of drug-likeness (QED) is 0.805. The number of carbonyl (C=O) groups is 1. The number of rotatable bonds is 3. The van der Waals surface area contributed by atoms with E-state index < -0.39 is 0 Å². The Morgan fingerprint density at radius 3 is 2.65 bits per heavy atom. The van der Waals surface area contributed by atoms with Gasteiger partial charge in [0.05, 0.1) is 5.69 Å². The van der Waals surface area contributed by atoms with Gasteiger partial charge in [-0.15, -0.1) is 0 Å². The van der Waals surface area contributed by atoms with Crippen LogP contribution in [0.5, 0.6) is 0 Å². The predicted octanol–water partition coefficient (Wildman–Crippen LogP) is 2.06. The van der Waals surface area contributed by atoms with Crippen molar-refractivity contribution >= 4 is 17.2 Å². The highest BCUT2D eigenvalue weighted by molar-refractivity contribution is 5.91. The smallest absolute Gasteiger partial charge is 0.274 e. The molecule has 3 rings (SSSR count). The fourth-order valence-corrected chi connectivity index (χ4v) is 2.59. The van der Waals surface area contributed by atoms with Crippen molar-refractivity contribution in [2.45, 2.75) is 27.3 Å². The third-order valence-corrected chi connectivity index (χ3v) is 3.78. The number of amides is 1. The molecule has 0 aliphatic rings. The lowest BCUT2D eigenvalue weighted by molar-refractivity contribution is -0.116. The molecule has 6 nitrogen and oxygen atoms in total. The molecule has 0 aliphatic carbocycles. The molecule has 6 heteroatoms. The Balaban J connectivity index is 1.94. The molecule has 0 fully saturated rings. The second-order valence-electron chi connectivity index (χ2n) is 5.63. The molecule has 0 saturated carbocycles. The molecule has 23 heavy (non-hydrogen) atoms. The van der Waals surface area contributed by atoms with Crippen molar-refractivity contribution in [1.82, 2.24) is 14.2 Å². The monoisotopic (exact) mass is 310 g/mol. The number of aryl methyl sites for hydroxylation is 3. The van der Waals surface area contributed by atoms with Gasteiger partial charge in [-0.2, -0.15) is 9.61 Å². The van der Waals surface area contributed by atoms with Crippen molar-refractivity contribution in [3.8, 4) is 0 Å². The molecule has 0 spiro atoms. The fourth-order valence-electron chi connectivity index (χ4n) is 2.59. The number of fused-ring (bicyclic) bond motifs is 1. The van der Waals surface area contributed by atoms with Gasteiger partial charge in [-0.25, -0.2) is 0 Å². The summed E-state index contributed by atoms with van der Waals surface area (Å²) < 4.78 is 3.11. The highest BCUT2D eigenvalue weighted by Crippen LogP contribution is 2.14. The Hall–Kier alpha value is -2.89. The van der Waals surface area contributed by atoms with E-state index in [1.165, 1.54) is 10.6 Å². The fraction of sp³-hybridized carbons (Fsp3) is 0.235. The van der Waals surface area contributed by atoms with Gasteiger partial charge in [0.25, 0.3) is 5.56 Å². The van der Waals surface area contributed by atoms with E-state index >= 15 is 0 Å². The second kappa shape index (κ2) is 5.72. The number of carbonyl (C=O) groups excluding carboxylic acids is 1. The second-order valence-corrected chi connectivity index (χ2v) is 5.63. The average molecular weight is 310 g/mol. The van der Waals surface area contributed by atoms with E-state index in [1.54, 1.807) is 10.6 Å². The minimum atomic E-state index is -0.193. The zero-order valence-electron chi connectivity index (χ0n) is 13.3. The van der Waals surface area contributed by atoms with Gasteiger partial charge in [0, 0.05) is 23.5 Å². The first-order chi connectivity index (χ1) is 11.0. The van der Waals surface area contributed by atoms with Crippen LogP contribution in [0.1, 0.15) is 17.0 Å². The van der Waals surface area contributed by atoms with Crippen molar-refractivity contribution in [1.29, 1.82) is 0 Å². The molecule has 118 valence electrons. The van der Waals surface area contributed by atoms with Crippen molar-refractivity contribution in [2.75, 3.05) is 5.32 Å². The summed E-state index contributed by atoms with van der Waals surface area (Å²) in [6.45, 7) is 5.69. The summed E-state index contributed by atoms with van der Waals surface area (Å²) in [5, 5.41) is 7.08. The molecular weight excluding hydrogens is 292 g/mol. The molecule has 0 saturated heterocycles. The molecule has 0 aliphatic heterocycles. The minimum Gasteiger partial charge on any atom is -0.324 e. The Morgan fingerprint density at radius 2 is 1.91 bits per heavy atom. The van der Waals surface area contributed by atoms with Crippen LogP contribution in [0.4, 0.5) is 5.69 Å². The molecule has 0 unspecified atom stereocenters. The summed E-state index contributed by atoms with van der Waals surface area (Å²) in [7, 11) is 0. The van der Waals surface area contributed by atoms with Crippen LogP contribution in [0.2, 0.25) is 0 Å². The first-order valence-corrected chi connectivity index (χ1v) is 7.38. The SMILES string of the molecule is Cc1cc2n(CC(=O)Nc3ccccc3C)c(C)cc(=O)n2n1. The Morgan fingerprint density at radius 1 is 1.17 bits per heavy atom. The summed E-state index contributed by atoms with van der Waals surface area (Å²) in [5.74, 6) is -0.146. The third kappa shape index (κ3) is 2.88. The maximum absolute atomic E-state index is 12.4. The largest absolute Gasteiger partial charge is 0.324 e. The maximum Gasteiger partial charge on any atom is 0.274 e. The number of nitrogens with zero attached hydrogens (tertiary/aromatic N) is 3. The van der Waals surface area contributed by atoms with Gasteiger partial charge >= 0.3 is 0 Å². The van der Waals surface area contributed by atoms with E-state index in [1.807, 2.05) is 45.0 Å². The molecule has 3 aromatic rings. The van der Waals surface area contributed by atoms with Gasteiger partial charge in [0.1, 0.15) is 12.2 Å². The number of benzene rings is 1. The van der Waals surface area contributed by atoms with E-state index in [9.17, 15) is 9.59 Å². The molecule has 0 atom stereocenters. The Labute approximate surface area is 133 Å². The highest BCUT2D eigenvalue weighted by atomic mass is 16.2. The molecule has 1 amide bonds. The lowest BCUT2D eigenvalue weighted by Crippen LogP contribution is -2.25. The van der Waals surface area contributed by atoms with Crippen molar-refractivity contribution in [2.24, 2.45) is 0 Å². The van der Waals surface area contributed by atoms with Crippen molar-refractivity contribution in [3.05, 3.63) is 63.7 Å². The van der Waals surface area contributed by atoms with Gasteiger partial charge in [-0.1, -0.05) is 18.2 Å². The minimum absolute atomic E-state index is 0.120. The van der Waals surface area contributed by atoms with Crippen LogP contribution in [0.25, 0.3) is 5.65 Å². The van der Waals surface area contributed by atoms with E-state index in [0.717, 1.165) is 22.6 Å². The van der Waals surface area contributed by atoms with Crippen LogP contribution >= 0.6 is 0 Å². The lowest BCUT2D eigenvalue weighted by Gasteiger charge is -2.13. The van der Waals surface area contributed by atoms with Gasteiger partial charge in [0.15, 0.2) is 0 Å². The standard InChI is InChI=1S/C17H18N4O2/c1-11-6-4-5-7-14(11)18-15(22)10-20-13(3)9-17(23)21-16(20)8-12(2)19-21/h4-9H,10H2,1-3H3,(H,18,22). The highest BCUT2D eigenvalue weighted by Gasteiger charge is 2.12. The number of nitrogens with one attached hydrogen (secondary N) is 1. The number of aromatic nitrogens is 3. The zero-order chi connectivity index (χ0) is 16.6. The molecule has 2 heterocycles. The number of hydrogen-bond acceptors (Lipinski definition) is 3. The molecule has 0 bridgehead atoms.